The molecular formula is C17H26IN3O3. The third kappa shape index (κ3) is 4.66. The van der Waals surface area contributed by atoms with Crippen LogP contribution in [0.4, 0.5) is 0 Å². The number of hydrogen-bond donors (Lipinski definition) is 1. The Hall–Kier alpha value is -1.22. The first-order valence-corrected chi connectivity index (χ1v) is 8.13. The summed E-state index contributed by atoms with van der Waals surface area (Å²) in [6.07, 6.45) is 1.13. The average Bonchev–Trinajstić information content (AvgIpc) is 3.04. The van der Waals surface area contributed by atoms with Gasteiger partial charge in [-0.25, -0.2) is 0 Å². The number of methoxy groups -OCH3 is 1. The van der Waals surface area contributed by atoms with Crippen molar-refractivity contribution in [2.75, 3.05) is 47.0 Å². The maximum atomic E-state index is 5.97. The molecule has 2 heterocycles. The van der Waals surface area contributed by atoms with Crippen molar-refractivity contribution in [3.8, 4) is 11.5 Å². The number of nitrogens with zero attached hydrogens (tertiary/aromatic N) is 2. The first kappa shape index (κ1) is 19.1. The molecule has 2 unspecified atom stereocenters. The molecule has 0 radical (unpaired) electrons. The minimum atomic E-state index is -0.0148. The number of rotatable bonds is 4. The summed E-state index contributed by atoms with van der Waals surface area (Å²) in [4.78, 5) is 6.67. The summed E-state index contributed by atoms with van der Waals surface area (Å²) in [6.45, 7) is 4.03. The standard InChI is InChI=1S/C17H25N3O3.HI/c1-18-17(20-8-7-13(10-20)11-21-2)19-9-14-12-22-15-5-3-4-6-16(15)23-14;/h3-6,13-14H,7-12H2,1-2H3,(H,18,19);1H. The van der Waals surface area contributed by atoms with Crippen molar-refractivity contribution in [2.24, 2.45) is 10.9 Å². The molecule has 7 heteroatoms. The Bertz CT molecular complexity index is 556. The Labute approximate surface area is 160 Å². The smallest absolute Gasteiger partial charge is 0.193 e. The number of para-hydroxylation sites is 2. The molecule has 1 N–H and O–H groups in total. The van der Waals surface area contributed by atoms with Crippen LogP contribution >= 0.6 is 24.0 Å². The van der Waals surface area contributed by atoms with E-state index in [0.29, 0.717) is 19.1 Å². The zero-order chi connectivity index (χ0) is 16.1. The van der Waals surface area contributed by atoms with Crippen LogP contribution in [0, 0.1) is 5.92 Å². The minimum absolute atomic E-state index is 0. The van der Waals surface area contributed by atoms with Gasteiger partial charge in [0.25, 0.3) is 0 Å². The van der Waals surface area contributed by atoms with Crippen molar-refractivity contribution in [3.63, 3.8) is 0 Å². The fourth-order valence-electron chi connectivity index (χ4n) is 3.10. The number of aliphatic imine (C=N–C) groups is 1. The number of halogens is 1. The molecule has 6 nitrogen and oxygen atoms in total. The SMILES string of the molecule is CN=C(NCC1COc2ccccc2O1)N1CCC(COC)C1.I. The highest BCUT2D eigenvalue weighted by Crippen LogP contribution is 2.30. The van der Waals surface area contributed by atoms with Gasteiger partial charge in [-0.15, -0.1) is 24.0 Å². The van der Waals surface area contributed by atoms with Crippen molar-refractivity contribution >= 4 is 29.9 Å². The number of hydrogen-bond acceptors (Lipinski definition) is 4. The van der Waals surface area contributed by atoms with E-state index in [9.17, 15) is 0 Å². The molecule has 1 aromatic rings. The van der Waals surface area contributed by atoms with Gasteiger partial charge in [-0.2, -0.15) is 0 Å². The van der Waals surface area contributed by atoms with E-state index in [1.807, 2.05) is 31.3 Å². The summed E-state index contributed by atoms with van der Waals surface area (Å²) in [5.41, 5.74) is 0. The van der Waals surface area contributed by atoms with Gasteiger partial charge in [-0.05, 0) is 18.6 Å². The third-order valence-electron chi connectivity index (χ3n) is 4.25. The number of guanidine groups is 1. The van der Waals surface area contributed by atoms with Crippen LogP contribution in [0.2, 0.25) is 0 Å². The maximum Gasteiger partial charge on any atom is 0.193 e. The number of fused-ring (bicyclic) bond motifs is 1. The molecule has 0 saturated carbocycles. The van der Waals surface area contributed by atoms with E-state index in [1.165, 1.54) is 0 Å². The quantitative estimate of drug-likeness (QED) is 0.435. The van der Waals surface area contributed by atoms with Crippen molar-refractivity contribution in [1.82, 2.24) is 10.2 Å². The van der Waals surface area contributed by atoms with Crippen LogP contribution in [0.3, 0.4) is 0 Å². The zero-order valence-electron chi connectivity index (χ0n) is 14.2. The van der Waals surface area contributed by atoms with E-state index in [1.54, 1.807) is 7.11 Å². The maximum absolute atomic E-state index is 5.97. The van der Waals surface area contributed by atoms with Gasteiger partial charge in [0.15, 0.2) is 17.5 Å². The fraction of sp³-hybridized carbons (Fsp3) is 0.588. The molecule has 0 aliphatic carbocycles. The highest BCUT2D eigenvalue weighted by molar-refractivity contribution is 14.0. The third-order valence-corrected chi connectivity index (χ3v) is 4.25. The van der Waals surface area contributed by atoms with Crippen LogP contribution in [0.15, 0.2) is 29.3 Å². The Kier molecular flexibility index (Phi) is 7.41. The van der Waals surface area contributed by atoms with Crippen LogP contribution in [0.1, 0.15) is 6.42 Å². The van der Waals surface area contributed by atoms with E-state index in [0.717, 1.165) is 43.6 Å². The summed E-state index contributed by atoms with van der Waals surface area (Å²) in [6, 6.07) is 7.77. The van der Waals surface area contributed by atoms with Gasteiger partial charge in [-0.1, -0.05) is 12.1 Å². The van der Waals surface area contributed by atoms with Crippen molar-refractivity contribution in [3.05, 3.63) is 24.3 Å². The van der Waals surface area contributed by atoms with Crippen molar-refractivity contribution in [2.45, 2.75) is 12.5 Å². The van der Waals surface area contributed by atoms with Crippen LogP contribution in [0.5, 0.6) is 11.5 Å². The van der Waals surface area contributed by atoms with E-state index in [4.69, 9.17) is 14.2 Å². The molecule has 1 saturated heterocycles. The zero-order valence-corrected chi connectivity index (χ0v) is 16.6. The molecule has 0 amide bonds. The fourth-order valence-corrected chi connectivity index (χ4v) is 3.10. The molecule has 0 bridgehead atoms. The van der Waals surface area contributed by atoms with Crippen LogP contribution in [0.25, 0.3) is 0 Å². The Morgan fingerprint density at radius 1 is 1.38 bits per heavy atom. The van der Waals surface area contributed by atoms with E-state index < -0.39 is 0 Å². The van der Waals surface area contributed by atoms with E-state index in [-0.39, 0.29) is 30.1 Å². The summed E-state index contributed by atoms with van der Waals surface area (Å²) >= 11 is 0. The molecule has 0 aromatic heterocycles. The Balaban J connectivity index is 0.00000208. The number of nitrogens with one attached hydrogen (secondary N) is 1. The van der Waals surface area contributed by atoms with Gasteiger partial charge in [0.2, 0.25) is 0 Å². The molecule has 1 fully saturated rings. The first-order valence-electron chi connectivity index (χ1n) is 8.13. The Morgan fingerprint density at radius 2 is 2.17 bits per heavy atom. The largest absolute Gasteiger partial charge is 0.486 e. The van der Waals surface area contributed by atoms with Gasteiger partial charge in [0.1, 0.15) is 12.7 Å². The van der Waals surface area contributed by atoms with Crippen molar-refractivity contribution in [1.29, 1.82) is 0 Å². The van der Waals surface area contributed by atoms with Crippen LogP contribution in [-0.4, -0.2) is 64.0 Å². The first-order chi connectivity index (χ1) is 11.3. The lowest BCUT2D eigenvalue weighted by Gasteiger charge is -2.28. The molecular weight excluding hydrogens is 421 g/mol. The molecule has 2 aliphatic heterocycles. The molecule has 2 atom stereocenters. The minimum Gasteiger partial charge on any atom is -0.486 e. The second kappa shape index (κ2) is 9.31. The predicted octanol–water partition coefficient (Wildman–Crippen LogP) is 1.99. The lowest BCUT2D eigenvalue weighted by molar-refractivity contribution is 0.0931. The summed E-state index contributed by atoms with van der Waals surface area (Å²) in [5, 5.41) is 3.40. The lowest BCUT2D eigenvalue weighted by atomic mass is 10.1. The second-order valence-corrected chi connectivity index (χ2v) is 5.98. The highest BCUT2D eigenvalue weighted by Gasteiger charge is 2.26. The van der Waals surface area contributed by atoms with Gasteiger partial charge in [0, 0.05) is 33.2 Å². The molecule has 3 rings (SSSR count). The second-order valence-electron chi connectivity index (χ2n) is 5.98. The van der Waals surface area contributed by atoms with Gasteiger partial charge >= 0.3 is 0 Å². The van der Waals surface area contributed by atoms with Gasteiger partial charge in [-0.3, -0.25) is 4.99 Å². The summed E-state index contributed by atoms with van der Waals surface area (Å²) < 4.78 is 17.0. The van der Waals surface area contributed by atoms with Crippen molar-refractivity contribution < 1.29 is 14.2 Å². The van der Waals surface area contributed by atoms with E-state index >= 15 is 0 Å². The topological polar surface area (TPSA) is 55.3 Å². The number of benzene rings is 1. The van der Waals surface area contributed by atoms with Crippen LogP contribution < -0.4 is 14.8 Å². The molecule has 134 valence electrons. The van der Waals surface area contributed by atoms with Gasteiger partial charge in [0.05, 0.1) is 13.2 Å². The molecule has 1 aromatic carbocycles. The molecule has 24 heavy (non-hydrogen) atoms. The highest BCUT2D eigenvalue weighted by atomic mass is 127. The monoisotopic (exact) mass is 447 g/mol. The molecule has 0 spiro atoms. The molecule has 2 aliphatic rings. The predicted molar refractivity (Wildman–Crippen MR) is 105 cm³/mol. The lowest BCUT2D eigenvalue weighted by Crippen LogP contribution is -2.46. The summed E-state index contributed by atoms with van der Waals surface area (Å²) in [5.74, 6) is 3.13. The summed E-state index contributed by atoms with van der Waals surface area (Å²) in [7, 11) is 3.58. The normalized spacial score (nSPS) is 22.9. The number of likely N-dealkylation sites (tertiary alicyclic amines) is 1. The number of ether oxygens (including phenoxy) is 3. The Morgan fingerprint density at radius 3 is 2.92 bits per heavy atom. The van der Waals surface area contributed by atoms with E-state index in [2.05, 4.69) is 15.2 Å². The van der Waals surface area contributed by atoms with Crippen LogP contribution in [-0.2, 0) is 4.74 Å². The van der Waals surface area contributed by atoms with Gasteiger partial charge < -0.3 is 24.4 Å². The average molecular weight is 447 g/mol.